The van der Waals surface area contributed by atoms with Crippen LogP contribution in [-0.2, 0) is 9.59 Å². The van der Waals surface area contributed by atoms with Crippen LogP contribution in [0.15, 0.2) is 4.99 Å². The molecule has 0 bridgehead atoms. The second kappa shape index (κ2) is 11.9. The van der Waals surface area contributed by atoms with Crippen LogP contribution in [0.4, 0.5) is 0 Å². The van der Waals surface area contributed by atoms with E-state index in [-0.39, 0.29) is 35.8 Å². The molecule has 0 atom stereocenters. The third-order valence-electron chi connectivity index (χ3n) is 6.03. The van der Waals surface area contributed by atoms with E-state index < -0.39 is 0 Å². The summed E-state index contributed by atoms with van der Waals surface area (Å²) in [5, 5.41) is 6.85. The van der Waals surface area contributed by atoms with Gasteiger partial charge in [0.2, 0.25) is 11.8 Å². The largest absolute Gasteiger partial charge is 0.357 e. The molecule has 7 nitrogen and oxygen atoms in total. The lowest BCUT2D eigenvalue weighted by atomic mass is 10.0. The highest BCUT2D eigenvalue weighted by molar-refractivity contribution is 14.0. The normalized spacial score (nSPS) is 23.0. The Morgan fingerprint density at radius 1 is 1.04 bits per heavy atom. The minimum Gasteiger partial charge on any atom is -0.357 e. The van der Waals surface area contributed by atoms with Crippen molar-refractivity contribution < 1.29 is 9.59 Å². The summed E-state index contributed by atoms with van der Waals surface area (Å²) < 4.78 is 0. The molecule has 0 aromatic heterocycles. The molecule has 2 aliphatic heterocycles. The van der Waals surface area contributed by atoms with Crippen LogP contribution in [0, 0.1) is 0 Å². The Kier molecular flexibility index (Phi) is 9.98. The Hall–Kier alpha value is -0.900. The van der Waals surface area contributed by atoms with Gasteiger partial charge in [0.15, 0.2) is 5.96 Å². The van der Waals surface area contributed by atoms with Crippen LogP contribution < -0.4 is 10.6 Å². The van der Waals surface area contributed by atoms with E-state index in [2.05, 4.69) is 27.4 Å². The summed E-state index contributed by atoms with van der Waals surface area (Å²) in [5.41, 5.74) is 0. The van der Waals surface area contributed by atoms with Crippen LogP contribution in [0.3, 0.4) is 0 Å². The number of aliphatic imine (C=N–C) groups is 1. The molecule has 2 N–H and O–H groups in total. The number of carbonyl (C=O) groups is 2. The van der Waals surface area contributed by atoms with Crippen molar-refractivity contribution >= 4 is 41.8 Å². The Labute approximate surface area is 186 Å². The predicted octanol–water partition coefficient (Wildman–Crippen LogP) is 2.11. The summed E-state index contributed by atoms with van der Waals surface area (Å²) in [6.45, 7) is 6.02. The molecule has 0 unspecified atom stereocenters. The third kappa shape index (κ3) is 6.57. The van der Waals surface area contributed by atoms with Gasteiger partial charge in [-0.05, 0) is 39.0 Å². The van der Waals surface area contributed by atoms with Gasteiger partial charge in [-0.25, -0.2) is 0 Å². The van der Waals surface area contributed by atoms with E-state index in [1.807, 2.05) is 0 Å². The number of piperidine rings is 2. The molecular formula is C20H36IN5O2. The molecular weight excluding hydrogens is 469 g/mol. The molecule has 2 heterocycles. The van der Waals surface area contributed by atoms with E-state index >= 15 is 0 Å². The lowest BCUT2D eigenvalue weighted by molar-refractivity contribution is -0.147. The SMILES string of the molecule is CCNC(=NCCN1C(=O)CCCC1=O)NC1CCN(C2CCCC2)CC1.I. The zero-order chi connectivity index (χ0) is 19.1. The maximum absolute atomic E-state index is 11.9. The fourth-order valence-corrected chi connectivity index (χ4v) is 4.50. The number of halogens is 1. The number of imide groups is 1. The average molecular weight is 505 g/mol. The van der Waals surface area contributed by atoms with Crippen LogP contribution >= 0.6 is 24.0 Å². The lowest BCUT2D eigenvalue weighted by Gasteiger charge is -2.36. The highest BCUT2D eigenvalue weighted by Gasteiger charge is 2.28. The molecule has 1 saturated carbocycles. The van der Waals surface area contributed by atoms with E-state index in [1.54, 1.807) is 0 Å². The number of hydrogen-bond donors (Lipinski definition) is 2. The van der Waals surface area contributed by atoms with Crippen molar-refractivity contribution in [2.45, 2.75) is 76.8 Å². The number of nitrogens with one attached hydrogen (secondary N) is 2. The minimum atomic E-state index is -0.0568. The van der Waals surface area contributed by atoms with Crippen molar-refractivity contribution in [1.29, 1.82) is 0 Å². The Morgan fingerprint density at radius 2 is 1.68 bits per heavy atom. The van der Waals surface area contributed by atoms with Crippen molar-refractivity contribution in [3.05, 3.63) is 0 Å². The van der Waals surface area contributed by atoms with Gasteiger partial charge >= 0.3 is 0 Å². The van der Waals surface area contributed by atoms with Gasteiger partial charge < -0.3 is 15.5 Å². The van der Waals surface area contributed by atoms with Crippen LogP contribution in [0.25, 0.3) is 0 Å². The smallest absolute Gasteiger partial charge is 0.229 e. The highest BCUT2D eigenvalue weighted by atomic mass is 127. The fourth-order valence-electron chi connectivity index (χ4n) is 4.50. The fraction of sp³-hybridized carbons (Fsp3) is 0.850. The zero-order valence-corrected chi connectivity index (χ0v) is 19.5. The first kappa shape index (κ1) is 23.4. The van der Waals surface area contributed by atoms with Gasteiger partial charge in [-0.3, -0.25) is 19.5 Å². The number of rotatable bonds is 6. The van der Waals surface area contributed by atoms with E-state index in [0.717, 1.165) is 31.4 Å². The van der Waals surface area contributed by atoms with Gasteiger partial charge in [0.25, 0.3) is 0 Å². The Balaban J connectivity index is 0.00000280. The van der Waals surface area contributed by atoms with E-state index in [9.17, 15) is 9.59 Å². The maximum atomic E-state index is 11.9. The molecule has 1 aliphatic carbocycles. The molecule has 3 fully saturated rings. The summed E-state index contributed by atoms with van der Waals surface area (Å²) in [6.07, 6.45) is 9.45. The molecule has 28 heavy (non-hydrogen) atoms. The standard InChI is InChI=1S/C20H35N5O2.HI/c1-2-21-20(22-12-15-25-18(26)8-5-9-19(25)27)23-16-10-13-24(14-11-16)17-6-3-4-7-17;/h16-17H,2-15H2,1H3,(H2,21,22,23);1H. The average Bonchev–Trinajstić information content (AvgIpc) is 3.19. The molecule has 2 saturated heterocycles. The van der Waals surface area contributed by atoms with Gasteiger partial charge in [-0.1, -0.05) is 12.8 Å². The quantitative estimate of drug-likeness (QED) is 0.250. The third-order valence-corrected chi connectivity index (χ3v) is 6.03. The van der Waals surface area contributed by atoms with Crippen LogP contribution in [-0.4, -0.2) is 72.4 Å². The zero-order valence-electron chi connectivity index (χ0n) is 17.1. The van der Waals surface area contributed by atoms with Crippen LogP contribution in [0.5, 0.6) is 0 Å². The van der Waals surface area contributed by atoms with Gasteiger partial charge in [0.05, 0.1) is 6.54 Å². The van der Waals surface area contributed by atoms with Crippen molar-refractivity contribution in [2.24, 2.45) is 4.99 Å². The van der Waals surface area contributed by atoms with Crippen molar-refractivity contribution in [3.63, 3.8) is 0 Å². The number of likely N-dealkylation sites (tertiary alicyclic amines) is 2. The first-order valence-corrected chi connectivity index (χ1v) is 10.8. The molecule has 8 heteroatoms. The van der Waals surface area contributed by atoms with E-state index in [1.165, 1.54) is 43.7 Å². The van der Waals surface area contributed by atoms with Gasteiger partial charge in [0, 0.05) is 51.1 Å². The van der Waals surface area contributed by atoms with E-state index in [0.29, 0.717) is 38.4 Å². The molecule has 3 rings (SSSR count). The second-order valence-electron chi connectivity index (χ2n) is 7.95. The number of hydrogen-bond acceptors (Lipinski definition) is 4. The van der Waals surface area contributed by atoms with Gasteiger partial charge in [0.1, 0.15) is 0 Å². The summed E-state index contributed by atoms with van der Waals surface area (Å²) in [7, 11) is 0. The number of nitrogens with zero attached hydrogens (tertiary/aromatic N) is 3. The van der Waals surface area contributed by atoms with E-state index in [4.69, 9.17) is 0 Å². The molecule has 0 radical (unpaired) electrons. The number of guanidine groups is 1. The maximum Gasteiger partial charge on any atom is 0.229 e. The summed E-state index contributed by atoms with van der Waals surface area (Å²) in [4.78, 5) is 32.4. The monoisotopic (exact) mass is 505 g/mol. The molecule has 160 valence electrons. The second-order valence-corrected chi connectivity index (χ2v) is 7.95. The molecule has 2 amide bonds. The first-order valence-electron chi connectivity index (χ1n) is 10.8. The molecule has 0 aromatic carbocycles. The summed E-state index contributed by atoms with van der Waals surface area (Å²) in [6, 6.07) is 1.26. The lowest BCUT2D eigenvalue weighted by Crippen LogP contribution is -2.50. The Morgan fingerprint density at radius 3 is 2.29 bits per heavy atom. The van der Waals surface area contributed by atoms with Crippen molar-refractivity contribution in [2.75, 3.05) is 32.7 Å². The summed E-state index contributed by atoms with van der Waals surface area (Å²) in [5.74, 6) is 0.686. The number of amides is 2. The highest BCUT2D eigenvalue weighted by Crippen LogP contribution is 2.26. The molecule has 3 aliphatic rings. The van der Waals surface area contributed by atoms with Gasteiger partial charge in [-0.2, -0.15) is 0 Å². The molecule has 0 spiro atoms. The van der Waals surface area contributed by atoms with Crippen LogP contribution in [0.1, 0.15) is 64.7 Å². The summed E-state index contributed by atoms with van der Waals surface area (Å²) >= 11 is 0. The molecule has 0 aromatic rings. The van der Waals surface area contributed by atoms with Crippen LogP contribution in [0.2, 0.25) is 0 Å². The Bertz CT molecular complexity index is 527. The van der Waals surface area contributed by atoms with Crippen molar-refractivity contribution in [1.82, 2.24) is 20.4 Å². The van der Waals surface area contributed by atoms with Crippen molar-refractivity contribution in [3.8, 4) is 0 Å². The first-order chi connectivity index (χ1) is 13.2. The van der Waals surface area contributed by atoms with Gasteiger partial charge in [-0.15, -0.1) is 24.0 Å². The predicted molar refractivity (Wildman–Crippen MR) is 122 cm³/mol. The minimum absolute atomic E-state index is 0. The topological polar surface area (TPSA) is 77.0 Å². The number of carbonyl (C=O) groups excluding carboxylic acids is 2.